The molecule has 2 aliphatic rings. The molecule has 15 heteroatoms. The van der Waals surface area contributed by atoms with Gasteiger partial charge in [-0.15, -0.1) is 18.3 Å². The van der Waals surface area contributed by atoms with E-state index in [1.807, 2.05) is 0 Å². The second-order valence-electron chi connectivity index (χ2n) is 8.89. The van der Waals surface area contributed by atoms with Crippen molar-refractivity contribution in [3.05, 3.63) is 42.2 Å². The van der Waals surface area contributed by atoms with E-state index in [0.717, 1.165) is 24.3 Å². The molecule has 1 aliphatic carbocycles. The first kappa shape index (κ1) is 25.2. The molecule has 3 atom stereocenters. The third-order valence-corrected chi connectivity index (χ3v) is 6.49. The monoisotopic (exact) mass is 536 g/mol. The van der Waals surface area contributed by atoms with Crippen LogP contribution >= 0.6 is 0 Å². The van der Waals surface area contributed by atoms with Gasteiger partial charge >= 0.3 is 6.36 Å². The number of fused-ring (bicyclic) bond motifs is 2. The van der Waals surface area contributed by atoms with E-state index in [2.05, 4.69) is 14.8 Å². The Balaban J connectivity index is 1.38. The maximum absolute atomic E-state index is 15.1. The van der Waals surface area contributed by atoms with Crippen molar-refractivity contribution in [2.45, 2.75) is 37.8 Å². The number of primary amides is 1. The van der Waals surface area contributed by atoms with Crippen LogP contribution in [0.5, 0.6) is 11.6 Å². The van der Waals surface area contributed by atoms with Gasteiger partial charge in [0, 0.05) is 23.6 Å². The fourth-order valence-corrected chi connectivity index (χ4v) is 4.77. The number of benzene rings is 1. The zero-order chi connectivity index (χ0) is 27.4. The molecular weight excluding hydrogens is 516 g/mol. The van der Waals surface area contributed by atoms with E-state index in [0.29, 0.717) is 17.3 Å². The summed E-state index contributed by atoms with van der Waals surface area (Å²) >= 11 is 0. The minimum Gasteiger partial charge on any atom is -0.481 e. The number of ether oxygens (including phenoxy) is 2. The molecule has 3 aromatic rings. The lowest BCUT2D eigenvalue weighted by atomic mass is 10.1. The third kappa shape index (κ3) is 4.66. The molecular formula is C23H20F4N6O5. The number of likely N-dealkylation sites (tertiary alicyclic amines) is 1. The molecule has 2 N–H and O–H groups in total. The van der Waals surface area contributed by atoms with Crippen LogP contribution in [0.1, 0.15) is 23.3 Å². The van der Waals surface area contributed by atoms with E-state index in [4.69, 9.17) is 10.5 Å². The fourth-order valence-electron chi connectivity index (χ4n) is 4.77. The summed E-state index contributed by atoms with van der Waals surface area (Å²) in [5.41, 5.74) is 5.16. The molecule has 200 valence electrons. The van der Waals surface area contributed by atoms with Crippen molar-refractivity contribution in [3.63, 3.8) is 0 Å². The molecule has 0 bridgehead atoms. The van der Waals surface area contributed by atoms with Gasteiger partial charge in [0.05, 0.1) is 24.5 Å². The quantitative estimate of drug-likeness (QED) is 0.362. The highest BCUT2D eigenvalue weighted by Crippen LogP contribution is 2.48. The molecule has 2 fully saturated rings. The number of piperidine rings is 1. The number of halogens is 4. The molecule has 3 amide bonds. The van der Waals surface area contributed by atoms with E-state index in [-0.39, 0.29) is 35.1 Å². The molecule has 1 saturated heterocycles. The Morgan fingerprint density at radius 1 is 1.21 bits per heavy atom. The van der Waals surface area contributed by atoms with E-state index in [1.54, 1.807) is 0 Å². The highest BCUT2D eigenvalue weighted by molar-refractivity contribution is 6.04. The van der Waals surface area contributed by atoms with Gasteiger partial charge in [0.25, 0.3) is 11.8 Å². The molecule has 1 aromatic carbocycles. The summed E-state index contributed by atoms with van der Waals surface area (Å²) in [5, 5.41) is 4.15. The van der Waals surface area contributed by atoms with Crippen LogP contribution in [0.3, 0.4) is 0 Å². The molecule has 38 heavy (non-hydrogen) atoms. The Kier molecular flexibility index (Phi) is 6.07. The number of hydrogen-bond acceptors (Lipinski definition) is 7. The van der Waals surface area contributed by atoms with Gasteiger partial charge in [-0.1, -0.05) is 10.5 Å². The normalized spacial score (nSPS) is 20.2. The number of anilines is 1. The second kappa shape index (κ2) is 9.15. The van der Waals surface area contributed by atoms with Crippen LogP contribution < -0.4 is 20.3 Å². The van der Waals surface area contributed by atoms with E-state index in [1.165, 1.54) is 29.0 Å². The Labute approximate surface area is 211 Å². The van der Waals surface area contributed by atoms with Gasteiger partial charge in [-0.3, -0.25) is 19.1 Å². The Morgan fingerprint density at radius 2 is 1.97 bits per heavy atom. The van der Waals surface area contributed by atoms with Crippen LogP contribution in [0.25, 0.3) is 10.9 Å². The van der Waals surface area contributed by atoms with Crippen LogP contribution in [0.4, 0.5) is 23.3 Å². The van der Waals surface area contributed by atoms with Gasteiger partial charge in [0.2, 0.25) is 11.8 Å². The summed E-state index contributed by atoms with van der Waals surface area (Å²) in [6.45, 7) is -0.397. The molecule has 0 spiro atoms. The van der Waals surface area contributed by atoms with Crippen LogP contribution in [-0.2, 0) is 16.1 Å². The molecule has 3 heterocycles. The Morgan fingerprint density at radius 3 is 2.66 bits per heavy atom. The third-order valence-electron chi connectivity index (χ3n) is 6.49. The summed E-state index contributed by atoms with van der Waals surface area (Å²) in [6, 6.07) is 3.88. The number of methoxy groups -OCH3 is 1. The lowest BCUT2D eigenvalue weighted by molar-refractivity contribution is -0.274. The lowest BCUT2D eigenvalue weighted by Crippen LogP contribution is -2.48. The summed E-state index contributed by atoms with van der Waals surface area (Å²) in [6.07, 6.45) is -2.82. The van der Waals surface area contributed by atoms with Gasteiger partial charge < -0.3 is 20.1 Å². The van der Waals surface area contributed by atoms with Gasteiger partial charge in [-0.2, -0.15) is 5.10 Å². The lowest BCUT2D eigenvalue weighted by Gasteiger charge is -2.28. The zero-order valence-corrected chi connectivity index (χ0v) is 19.7. The van der Waals surface area contributed by atoms with E-state index >= 15 is 4.48 Å². The number of carbonyl (C=O) groups excluding carboxylic acids is 3. The van der Waals surface area contributed by atoms with Gasteiger partial charge in [-0.05, 0) is 30.9 Å². The highest BCUT2D eigenvalue weighted by Gasteiger charge is 2.57. The number of nitrogens with two attached hydrogens (primary N) is 1. The first-order valence-electron chi connectivity index (χ1n) is 11.3. The van der Waals surface area contributed by atoms with Crippen LogP contribution in [0.2, 0.25) is 0 Å². The average molecular weight is 536 g/mol. The zero-order valence-electron chi connectivity index (χ0n) is 19.7. The summed E-state index contributed by atoms with van der Waals surface area (Å²) in [7, 11) is 1.39. The van der Waals surface area contributed by atoms with Crippen molar-refractivity contribution in [1.82, 2.24) is 19.7 Å². The van der Waals surface area contributed by atoms with E-state index in [9.17, 15) is 27.6 Å². The minimum absolute atomic E-state index is 0.0114. The highest BCUT2D eigenvalue weighted by atomic mass is 19.4. The smallest absolute Gasteiger partial charge is 0.481 e. The fraction of sp³-hybridized carbons (Fsp3) is 0.348. The van der Waals surface area contributed by atoms with Crippen molar-refractivity contribution >= 4 is 34.3 Å². The SMILES string of the molecule is COc1cc2c(C(N)=O)nn(CC(=O)N3[C@@H]4C[C@@H]4C[C@H]3C(=O)N(F)c3cccc(OC(F)(F)F)c3)c2cn1. The molecule has 1 aliphatic heterocycles. The number of carbonyl (C=O) groups is 3. The van der Waals surface area contributed by atoms with Gasteiger partial charge in [0.1, 0.15) is 18.3 Å². The van der Waals surface area contributed by atoms with Gasteiger partial charge in [0.15, 0.2) is 5.69 Å². The van der Waals surface area contributed by atoms with Crippen molar-refractivity contribution in [1.29, 1.82) is 0 Å². The predicted octanol–water partition coefficient (Wildman–Crippen LogP) is 2.34. The van der Waals surface area contributed by atoms with E-state index < -0.39 is 48.1 Å². The molecule has 1 saturated carbocycles. The van der Waals surface area contributed by atoms with Crippen LogP contribution in [-0.4, -0.2) is 62.9 Å². The van der Waals surface area contributed by atoms with Crippen LogP contribution in [0.15, 0.2) is 36.5 Å². The molecule has 0 unspecified atom stereocenters. The minimum atomic E-state index is -4.99. The number of nitrogens with zero attached hydrogens (tertiary/aromatic N) is 5. The van der Waals surface area contributed by atoms with Crippen molar-refractivity contribution < 1.29 is 41.5 Å². The number of rotatable bonds is 7. The first-order chi connectivity index (χ1) is 18.0. The second-order valence-corrected chi connectivity index (χ2v) is 8.89. The number of alkyl halides is 3. The number of hydrogen-bond donors (Lipinski definition) is 1. The maximum atomic E-state index is 15.1. The van der Waals surface area contributed by atoms with Crippen molar-refractivity contribution in [2.75, 3.05) is 12.2 Å². The summed E-state index contributed by atoms with van der Waals surface area (Å²) in [4.78, 5) is 43.6. The van der Waals surface area contributed by atoms with Crippen molar-refractivity contribution in [2.24, 2.45) is 11.7 Å². The van der Waals surface area contributed by atoms with Crippen molar-refractivity contribution in [3.8, 4) is 11.6 Å². The molecule has 2 aromatic heterocycles. The number of amides is 3. The molecule has 11 nitrogen and oxygen atoms in total. The molecule has 5 rings (SSSR count). The maximum Gasteiger partial charge on any atom is 0.573 e. The largest absolute Gasteiger partial charge is 0.573 e. The Bertz CT molecular complexity index is 1440. The molecule has 0 radical (unpaired) electrons. The standard InChI is InChI=1S/C23H20F4N6O5/c1-37-18-8-14-17(9-29-18)31(30-20(14)21(28)35)10-19(34)32-15-5-11(15)6-16(32)22(36)33(27)12-3-2-4-13(7-12)38-23(24,25)26/h2-4,7-9,11,15-16H,5-6,10H2,1H3,(H2,28,35)/t11-,15-,16+/m1/s1. The summed E-state index contributed by atoms with van der Waals surface area (Å²) < 4.78 is 62.8. The predicted molar refractivity (Wildman–Crippen MR) is 121 cm³/mol. The van der Waals surface area contributed by atoms with Crippen LogP contribution in [0, 0.1) is 5.92 Å². The average Bonchev–Trinajstić information content (AvgIpc) is 3.37. The summed E-state index contributed by atoms with van der Waals surface area (Å²) in [5.74, 6) is -3.02. The topological polar surface area (TPSA) is 133 Å². The van der Waals surface area contributed by atoms with Gasteiger partial charge in [-0.25, -0.2) is 4.98 Å². The number of aromatic nitrogens is 3. The first-order valence-corrected chi connectivity index (χ1v) is 11.3. The Hall–Kier alpha value is -4.43. The number of pyridine rings is 1.